The molecule has 2 aromatic heterocycles. The zero-order valence-electron chi connectivity index (χ0n) is 29.6. The summed E-state index contributed by atoms with van der Waals surface area (Å²) in [5.41, 5.74) is 9.23. The van der Waals surface area contributed by atoms with Gasteiger partial charge in [-0.25, -0.2) is 15.0 Å². The first-order valence-corrected chi connectivity index (χ1v) is 18.5. The third-order valence-corrected chi connectivity index (χ3v) is 10.7. The van der Waals surface area contributed by atoms with Crippen LogP contribution in [0.3, 0.4) is 0 Å². The van der Waals surface area contributed by atoms with Crippen molar-refractivity contribution in [1.82, 2.24) is 15.0 Å². The predicted octanol–water partition coefficient (Wildman–Crippen LogP) is 13.6. The largest absolute Gasteiger partial charge is 0.455 e. The highest BCUT2D eigenvalue weighted by atomic mass is 16.3. The van der Waals surface area contributed by atoms with Gasteiger partial charge in [-0.1, -0.05) is 164 Å². The van der Waals surface area contributed by atoms with E-state index in [4.69, 9.17) is 19.4 Å². The van der Waals surface area contributed by atoms with Crippen molar-refractivity contribution in [2.75, 3.05) is 0 Å². The summed E-state index contributed by atoms with van der Waals surface area (Å²) in [6.45, 7) is 0. The Morgan fingerprint density at radius 2 is 0.764 bits per heavy atom. The van der Waals surface area contributed by atoms with Gasteiger partial charge in [0, 0.05) is 32.8 Å². The molecule has 9 aromatic carbocycles. The summed E-state index contributed by atoms with van der Waals surface area (Å²) in [5.74, 6) is 1.93. The minimum absolute atomic E-state index is 0.635. The molecular formula is C51H31N3O. The Morgan fingerprint density at radius 3 is 1.42 bits per heavy atom. The number of hydrogen-bond donors (Lipinski definition) is 0. The lowest BCUT2D eigenvalue weighted by Gasteiger charge is -2.14. The summed E-state index contributed by atoms with van der Waals surface area (Å²) < 4.78 is 6.66. The van der Waals surface area contributed by atoms with Crippen LogP contribution in [0.1, 0.15) is 0 Å². The lowest BCUT2D eigenvalue weighted by Crippen LogP contribution is -2.00. The number of fused-ring (bicyclic) bond motifs is 8. The smallest absolute Gasteiger partial charge is 0.164 e. The number of aromatic nitrogens is 3. The van der Waals surface area contributed by atoms with E-state index in [-0.39, 0.29) is 0 Å². The highest BCUT2D eigenvalue weighted by Gasteiger charge is 2.18. The average Bonchev–Trinajstić information content (AvgIpc) is 3.64. The molecule has 2 heterocycles. The molecule has 0 aliphatic rings. The van der Waals surface area contributed by atoms with Gasteiger partial charge in [0.25, 0.3) is 0 Å². The van der Waals surface area contributed by atoms with Crippen LogP contribution in [0.15, 0.2) is 192 Å². The zero-order chi connectivity index (χ0) is 36.3. The maximum Gasteiger partial charge on any atom is 0.164 e. The average molecular weight is 702 g/mol. The van der Waals surface area contributed by atoms with E-state index in [2.05, 4.69) is 127 Å². The van der Waals surface area contributed by atoms with Gasteiger partial charge in [-0.15, -0.1) is 0 Å². The number of furan rings is 1. The van der Waals surface area contributed by atoms with Crippen LogP contribution in [-0.2, 0) is 0 Å². The van der Waals surface area contributed by atoms with Gasteiger partial charge in [-0.3, -0.25) is 0 Å². The predicted molar refractivity (Wildman–Crippen MR) is 227 cm³/mol. The molecule has 0 saturated heterocycles. The lowest BCUT2D eigenvalue weighted by molar-refractivity contribution is 0.673. The Balaban J connectivity index is 1.04. The number of hydrogen-bond acceptors (Lipinski definition) is 4. The SMILES string of the molecule is c1ccc(-c2nc(-c3ccccc3)nc(-c3ccc(-c4ccc5oc6c7ccccc7c(-c7cc8ccccc8c8ccccc78)cc6c5c4)cc3)n2)cc1. The van der Waals surface area contributed by atoms with Crippen molar-refractivity contribution in [3.63, 3.8) is 0 Å². The molecule has 4 heteroatoms. The van der Waals surface area contributed by atoms with Crippen LogP contribution in [-0.4, -0.2) is 15.0 Å². The van der Waals surface area contributed by atoms with Crippen molar-refractivity contribution >= 4 is 54.3 Å². The standard InChI is InChI=1S/C51H31N3O/c1-3-13-33(14-4-1)49-52-50(34-15-5-2-6-16-34)54-51(53-49)35-25-23-32(24-26-35)36-27-28-47-45(29-36)46-31-44(41-21-11-12-22-42(41)48(46)55-47)43-30-37-17-7-8-18-38(37)39-19-9-10-20-40(39)43/h1-31H. The van der Waals surface area contributed by atoms with Crippen LogP contribution in [0.5, 0.6) is 0 Å². The summed E-state index contributed by atoms with van der Waals surface area (Å²) in [6.07, 6.45) is 0. The van der Waals surface area contributed by atoms with Gasteiger partial charge >= 0.3 is 0 Å². The fourth-order valence-corrected chi connectivity index (χ4v) is 8.03. The van der Waals surface area contributed by atoms with Crippen molar-refractivity contribution in [3.8, 4) is 56.4 Å². The Labute approximate surface area is 317 Å². The third-order valence-electron chi connectivity index (χ3n) is 10.7. The molecule has 0 N–H and O–H groups in total. The molecule has 4 nitrogen and oxygen atoms in total. The molecule has 11 aromatic rings. The molecule has 0 fully saturated rings. The molecule has 0 radical (unpaired) electrons. The Bertz CT molecular complexity index is 3180. The Hall–Kier alpha value is -7.43. The van der Waals surface area contributed by atoms with E-state index in [1.165, 1.54) is 38.1 Å². The molecule has 0 amide bonds. The van der Waals surface area contributed by atoms with Crippen LogP contribution >= 0.6 is 0 Å². The molecular weight excluding hydrogens is 671 g/mol. The van der Waals surface area contributed by atoms with Gasteiger partial charge in [-0.05, 0) is 73.5 Å². The maximum absolute atomic E-state index is 6.66. The minimum Gasteiger partial charge on any atom is -0.455 e. The quantitative estimate of drug-likeness (QED) is 0.168. The number of rotatable bonds is 5. The van der Waals surface area contributed by atoms with Crippen LogP contribution in [0.2, 0.25) is 0 Å². The molecule has 0 unspecified atom stereocenters. The first kappa shape index (κ1) is 31.1. The van der Waals surface area contributed by atoms with E-state index >= 15 is 0 Å². The third kappa shape index (κ3) is 5.26. The van der Waals surface area contributed by atoms with Gasteiger partial charge in [0.1, 0.15) is 11.2 Å². The van der Waals surface area contributed by atoms with Crippen molar-refractivity contribution in [2.24, 2.45) is 0 Å². The van der Waals surface area contributed by atoms with Crippen molar-refractivity contribution < 1.29 is 4.42 Å². The molecule has 11 rings (SSSR count). The zero-order valence-corrected chi connectivity index (χ0v) is 29.6. The fraction of sp³-hybridized carbons (Fsp3) is 0. The minimum atomic E-state index is 0.635. The summed E-state index contributed by atoms with van der Waals surface area (Å²) in [7, 11) is 0. The first-order chi connectivity index (χ1) is 27.2. The van der Waals surface area contributed by atoms with E-state index in [0.717, 1.165) is 55.1 Å². The summed E-state index contributed by atoms with van der Waals surface area (Å²) in [6, 6.07) is 65.8. The van der Waals surface area contributed by atoms with Gasteiger partial charge in [0.15, 0.2) is 17.5 Å². The fourth-order valence-electron chi connectivity index (χ4n) is 8.03. The van der Waals surface area contributed by atoms with Crippen molar-refractivity contribution in [3.05, 3.63) is 188 Å². The van der Waals surface area contributed by atoms with E-state index in [1.54, 1.807) is 0 Å². The van der Waals surface area contributed by atoms with Gasteiger partial charge in [0.2, 0.25) is 0 Å². The van der Waals surface area contributed by atoms with E-state index in [1.807, 2.05) is 60.7 Å². The van der Waals surface area contributed by atoms with Crippen molar-refractivity contribution in [1.29, 1.82) is 0 Å². The lowest BCUT2D eigenvalue weighted by atomic mass is 9.89. The second-order valence-corrected chi connectivity index (χ2v) is 14.0. The second-order valence-electron chi connectivity index (χ2n) is 14.0. The molecule has 0 bridgehead atoms. The number of nitrogens with zero attached hydrogens (tertiary/aromatic N) is 3. The number of benzene rings is 9. The summed E-state index contributed by atoms with van der Waals surface area (Å²) in [4.78, 5) is 14.7. The summed E-state index contributed by atoms with van der Waals surface area (Å²) in [5, 5.41) is 9.47. The van der Waals surface area contributed by atoms with Gasteiger partial charge in [0.05, 0.1) is 0 Å². The molecule has 0 saturated carbocycles. The van der Waals surface area contributed by atoms with E-state index < -0.39 is 0 Å². The Morgan fingerprint density at radius 1 is 0.291 bits per heavy atom. The van der Waals surface area contributed by atoms with Gasteiger partial charge in [-0.2, -0.15) is 0 Å². The molecule has 0 aliphatic heterocycles. The first-order valence-electron chi connectivity index (χ1n) is 18.5. The highest BCUT2D eigenvalue weighted by Crippen LogP contribution is 2.44. The molecule has 55 heavy (non-hydrogen) atoms. The van der Waals surface area contributed by atoms with E-state index in [0.29, 0.717) is 17.5 Å². The highest BCUT2D eigenvalue weighted by molar-refractivity contribution is 6.23. The monoisotopic (exact) mass is 701 g/mol. The van der Waals surface area contributed by atoms with Gasteiger partial charge < -0.3 is 4.42 Å². The Kier molecular flexibility index (Phi) is 7.14. The second kappa shape index (κ2) is 12.6. The molecule has 0 spiro atoms. The molecule has 0 atom stereocenters. The van der Waals surface area contributed by atoms with Crippen LogP contribution in [0.4, 0.5) is 0 Å². The maximum atomic E-state index is 6.66. The summed E-state index contributed by atoms with van der Waals surface area (Å²) >= 11 is 0. The molecule has 0 aliphatic carbocycles. The topological polar surface area (TPSA) is 51.8 Å². The van der Waals surface area contributed by atoms with Crippen molar-refractivity contribution in [2.45, 2.75) is 0 Å². The van der Waals surface area contributed by atoms with Crippen LogP contribution < -0.4 is 0 Å². The van der Waals surface area contributed by atoms with Crippen LogP contribution in [0.25, 0.3) is 111 Å². The van der Waals surface area contributed by atoms with E-state index in [9.17, 15) is 0 Å². The van der Waals surface area contributed by atoms with Crippen LogP contribution in [0, 0.1) is 0 Å². The normalized spacial score (nSPS) is 11.6. The molecule has 256 valence electrons.